The number of methoxy groups -OCH3 is 1. The molecule has 0 aromatic carbocycles. The number of ether oxygens (including phenoxy) is 1. The monoisotopic (exact) mass is 326 g/mol. The quantitative estimate of drug-likeness (QED) is 0.470. The highest BCUT2D eigenvalue weighted by Gasteiger charge is 2.32. The summed E-state index contributed by atoms with van der Waals surface area (Å²) < 4.78 is 5.57. The van der Waals surface area contributed by atoms with Gasteiger partial charge in [0.05, 0.1) is 6.10 Å². The van der Waals surface area contributed by atoms with Gasteiger partial charge in [-0.25, -0.2) is 0 Å². The zero-order valence-electron chi connectivity index (χ0n) is 15.6. The summed E-state index contributed by atoms with van der Waals surface area (Å²) >= 11 is 0. The normalized spacial score (nSPS) is 26.1. The molecule has 1 aliphatic rings. The molecule has 1 rings (SSSR count). The van der Waals surface area contributed by atoms with Crippen molar-refractivity contribution < 1.29 is 14.6 Å². The Labute approximate surface area is 143 Å². The van der Waals surface area contributed by atoms with Crippen LogP contribution in [0.15, 0.2) is 0 Å². The van der Waals surface area contributed by atoms with E-state index in [1.54, 1.807) is 7.11 Å². The van der Waals surface area contributed by atoms with E-state index in [-0.39, 0.29) is 6.10 Å². The van der Waals surface area contributed by atoms with Gasteiger partial charge in [0.1, 0.15) is 0 Å². The fourth-order valence-corrected chi connectivity index (χ4v) is 4.16. The van der Waals surface area contributed by atoms with Crippen LogP contribution in [0.5, 0.6) is 0 Å². The van der Waals surface area contributed by atoms with Crippen molar-refractivity contribution >= 4 is 5.97 Å². The van der Waals surface area contributed by atoms with Gasteiger partial charge in [0.2, 0.25) is 0 Å². The van der Waals surface area contributed by atoms with Crippen LogP contribution >= 0.6 is 0 Å². The largest absolute Gasteiger partial charge is 0.481 e. The van der Waals surface area contributed by atoms with Crippen LogP contribution in [0.3, 0.4) is 0 Å². The number of aliphatic carboxylic acids is 1. The van der Waals surface area contributed by atoms with Gasteiger partial charge < -0.3 is 9.84 Å². The van der Waals surface area contributed by atoms with Crippen LogP contribution in [0.2, 0.25) is 0 Å². The topological polar surface area (TPSA) is 46.5 Å². The van der Waals surface area contributed by atoms with Crippen LogP contribution in [0, 0.1) is 17.8 Å². The van der Waals surface area contributed by atoms with Crippen molar-refractivity contribution in [3.8, 4) is 0 Å². The van der Waals surface area contributed by atoms with Crippen LogP contribution in [-0.4, -0.2) is 24.3 Å². The molecule has 3 heteroatoms. The zero-order valence-corrected chi connectivity index (χ0v) is 15.6. The van der Waals surface area contributed by atoms with Gasteiger partial charge in [-0.2, -0.15) is 0 Å². The SMILES string of the molecule is CCCCCCCCC[C@@H](C)C1CC(CC(=O)O)CC(OC)C1. The van der Waals surface area contributed by atoms with E-state index >= 15 is 0 Å². The van der Waals surface area contributed by atoms with Gasteiger partial charge in [0, 0.05) is 13.5 Å². The molecule has 1 saturated carbocycles. The number of hydrogen-bond donors (Lipinski definition) is 1. The molecule has 1 fully saturated rings. The zero-order chi connectivity index (χ0) is 17.1. The van der Waals surface area contributed by atoms with Crippen LogP contribution in [-0.2, 0) is 9.53 Å². The first-order valence-electron chi connectivity index (χ1n) is 9.81. The lowest BCUT2D eigenvalue weighted by atomic mass is 9.72. The average molecular weight is 327 g/mol. The first kappa shape index (κ1) is 20.5. The van der Waals surface area contributed by atoms with Crippen molar-refractivity contribution in [2.24, 2.45) is 17.8 Å². The third-order valence-corrected chi connectivity index (χ3v) is 5.66. The van der Waals surface area contributed by atoms with Gasteiger partial charge in [-0.05, 0) is 37.0 Å². The summed E-state index contributed by atoms with van der Waals surface area (Å²) in [4.78, 5) is 11.0. The second kappa shape index (κ2) is 11.9. The van der Waals surface area contributed by atoms with Crippen LogP contribution in [0.4, 0.5) is 0 Å². The molecule has 0 radical (unpaired) electrons. The van der Waals surface area contributed by atoms with E-state index in [2.05, 4.69) is 13.8 Å². The second-order valence-electron chi connectivity index (χ2n) is 7.68. The summed E-state index contributed by atoms with van der Waals surface area (Å²) in [5.74, 6) is 0.968. The van der Waals surface area contributed by atoms with Crippen molar-refractivity contribution in [1.29, 1.82) is 0 Å². The summed E-state index contributed by atoms with van der Waals surface area (Å²) in [7, 11) is 1.77. The molecule has 1 aliphatic carbocycles. The molecular weight excluding hydrogens is 288 g/mol. The molecule has 136 valence electrons. The molecule has 1 N–H and O–H groups in total. The Morgan fingerprint density at radius 2 is 1.74 bits per heavy atom. The van der Waals surface area contributed by atoms with Gasteiger partial charge in [-0.3, -0.25) is 4.79 Å². The molecule has 0 aromatic heterocycles. The Bertz CT molecular complexity index is 316. The maximum Gasteiger partial charge on any atom is 0.303 e. The van der Waals surface area contributed by atoms with Gasteiger partial charge >= 0.3 is 5.97 Å². The highest BCUT2D eigenvalue weighted by atomic mass is 16.5. The number of carboxylic acids is 1. The van der Waals surface area contributed by atoms with Crippen LogP contribution < -0.4 is 0 Å². The molecule has 0 amide bonds. The van der Waals surface area contributed by atoms with E-state index in [0.29, 0.717) is 24.2 Å². The van der Waals surface area contributed by atoms with Crippen LogP contribution in [0.1, 0.15) is 90.9 Å². The third kappa shape index (κ3) is 8.74. The van der Waals surface area contributed by atoms with E-state index in [1.807, 2.05) is 0 Å². The number of rotatable bonds is 12. The van der Waals surface area contributed by atoms with Crippen molar-refractivity contribution in [2.45, 2.75) is 97.0 Å². The molecule has 3 nitrogen and oxygen atoms in total. The molecule has 0 spiro atoms. The average Bonchev–Trinajstić information content (AvgIpc) is 2.52. The fourth-order valence-electron chi connectivity index (χ4n) is 4.16. The van der Waals surface area contributed by atoms with E-state index in [4.69, 9.17) is 9.84 Å². The van der Waals surface area contributed by atoms with Crippen molar-refractivity contribution in [2.75, 3.05) is 7.11 Å². The van der Waals surface area contributed by atoms with Gasteiger partial charge in [-0.15, -0.1) is 0 Å². The smallest absolute Gasteiger partial charge is 0.303 e. The maximum atomic E-state index is 11.0. The van der Waals surface area contributed by atoms with Gasteiger partial charge in [0.25, 0.3) is 0 Å². The third-order valence-electron chi connectivity index (χ3n) is 5.66. The Hall–Kier alpha value is -0.570. The molecule has 23 heavy (non-hydrogen) atoms. The molecule has 4 atom stereocenters. The number of carbonyl (C=O) groups is 1. The molecular formula is C20H38O3. The molecule has 0 aromatic rings. The first-order chi connectivity index (χ1) is 11.1. The van der Waals surface area contributed by atoms with Crippen molar-refractivity contribution in [3.63, 3.8) is 0 Å². The van der Waals surface area contributed by atoms with Gasteiger partial charge in [-0.1, -0.05) is 65.2 Å². The number of carboxylic acid groups (broad SMARTS) is 1. The summed E-state index contributed by atoms with van der Waals surface area (Å²) in [5, 5.41) is 9.07. The predicted octanol–water partition coefficient (Wildman–Crippen LogP) is 5.67. The maximum absolute atomic E-state index is 11.0. The van der Waals surface area contributed by atoms with E-state index in [9.17, 15) is 4.79 Å². The Balaban J connectivity index is 2.27. The summed E-state index contributed by atoms with van der Waals surface area (Å²) in [6.45, 7) is 4.62. The lowest BCUT2D eigenvalue weighted by Gasteiger charge is -2.37. The minimum Gasteiger partial charge on any atom is -0.481 e. The summed E-state index contributed by atoms with van der Waals surface area (Å²) in [6.07, 6.45) is 14.5. The van der Waals surface area contributed by atoms with E-state index in [1.165, 1.54) is 51.4 Å². The molecule has 0 saturated heterocycles. The Kier molecular flexibility index (Phi) is 10.6. The molecule has 0 bridgehead atoms. The Morgan fingerprint density at radius 1 is 1.09 bits per heavy atom. The Morgan fingerprint density at radius 3 is 2.35 bits per heavy atom. The van der Waals surface area contributed by atoms with Crippen molar-refractivity contribution in [3.05, 3.63) is 0 Å². The van der Waals surface area contributed by atoms with Crippen LogP contribution in [0.25, 0.3) is 0 Å². The molecule has 3 unspecified atom stereocenters. The van der Waals surface area contributed by atoms with Crippen molar-refractivity contribution in [1.82, 2.24) is 0 Å². The van der Waals surface area contributed by atoms with Gasteiger partial charge in [0.15, 0.2) is 0 Å². The minimum atomic E-state index is -0.662. The highest BCUT2D eigenvalue weighted by Crippen LogP contribution is 2.38. The summed E-state index contributed by atoms with van der Waals surface area (Å²) in [6, 6.07) is 0. The van der Waals surface area contributed by atoms with E-state index < -0.39 is 5.97 Å². The fraction of sp³-hybridized carbons (Fsp3) is 0.950. The lowest BCUT2D eigenvalue weighted by Crippen LogP contribution is -2.32. The number of unbranched alkanes of at least 4 members (excludes halogenated alkanes) is 6. The molecule has 0 heterocycles. The van der Waals surface area contributed by atoms with E-state index in [0.717, 1.165) is 19.3 Å². The summed E-state index contributed by atoms with van der Waals surface area (Å²) in [5.41, 5.74) is 0. The second-order valence-corrected chi connectivity index (χ2v) is 7.68. The first-order valence-corrected chi connectivity index (χ1v) is 9.81. The lowest BCUT2D eigenvalue weighted by molar-refractivity contribution is -0.139. The molecule has 0 aliphatic heterocycles. The number of hydrogen-bond acceptors (Lipinski definition) is 2. The predicted molar refractivity (Wildman–Crippen MR) is 95.7 cm³/mol. The minimum absolute atomic E-state index is 0.259. The standard InChI is InChI=1S/C20H38O3/c1-4-5-6-7-8-9-10-11-16(2)18-12-17(14-20(21)22)13-19(15-18)23-3/h16-19H,4-15H2,1-3H3,(H,21,22)/t16-,17?,18?,19?/m1/s1. The highest BCUT2D eigenvalue weighted by molar-refractivity contribution is 5.67.